The van der Waals surface area contributed by atoms with Gasteiger partial charge in [-0.15, -0.1) is 0 Å². The summed E-state index contributed by atoms with van der Waals surface area (Å²) in [7, 11) is 0. The zero-order chi connectivity index (χ0) is 7.68. The van der Waals surface area contributed by atoms with E-state index in [0.29, 0.717) is 0 Å². The van der Waals surface area contributed by atoms with Gasteiger partial charge in [-0.25, -0.2) is 9.97 Å². The topological polar surface area (TPSA) is 30.7 Å². The molecule has 0 amide bonds. The molecule has 0 N–H and O–H groups in total. The van der Waals surface area contributed by atoms with Gasteiger partial charge >= 0.3 is 0 Å². The molecule has 3 nitrogen and oxygen atoms in total. The Labute approximate surface area is 64.7 Å². The standard InChI is InChI=1S/C8H9N3/c1-2-11-4-3-7-5-9-6-10-8(7)11/h3-6H,2H2,1H3. The van der Waals surface area contributed by atoms with Crippen LogP contribution in [0.4, 0.5) is 0 Å². The van der Waals surface area contributed by atoms with Gasteiger partial charge in [0.05, 0.1) is 0 Å². The highest BCUT2D eigenvalue weighted by molar-refractivity contribution is 5.74. The average molecular weight is 147 g/mol. The van der Waals surface area contributed by atoms with Gasteiger partial charge < -0.3 is 4.57 Å². The van der Waals surface area contributed by atoms with E-state index < -0.39 is 0 Å². The molecular formula is C8H9N3. The molecule has 56 valence electrons. The van der Waals surface area contributed by atoms with Crippen molar-refractivity contribution in [2.75, 3.05) is 0 Å². The number of nitrogens with zero attached hydrogens (tertiary/aromatic N) is 3. The Kier molecular flexibility index (Phi) is 1.35. The molecule has 0 fully saturated rings. The summed E-state index contributed by atoms with van der Waals surface area (Å²) < 4.78 is 2.09. The van der Waals surface area contributed by atoms with E-state index in [2.05, 4.69) is 21.5 Å². The highest BCUT2D eigenvalue weighted by Gasteiger charge is 1.97. The molecule has 2 aromatic heterocycles. The van der Waals surface area contributed by atoms with E-state index in [9.17, 15) is 0 Å². The monoisotopic (exact) mass is 147 g/mol. The summed E-state index contributed by atoms with van der Waals surface area (Å²) in [4.78, 5) is 8.10. The van der Waals surface area contributed by atoms with Gasteiger partial charge in [-0.3, -0.25) is 0 Å². The summed E-state index contributed by atoms with van der Waals surface area (Å²) in [6, 6.07) is 2.03. The van der Waals surface area contributed by atoms with Crippen LogP contribution >= 0.6 is 0 Å². The molecule has 0 spiro atoms. The minimum Gasteiger partial charge on any atom is -0.333 e. The minimum atomic E-state index is 0.959. The van der Waals surface area contributed by atoms with Crippen molar-refractivity contribution in [3.63, 3.8) is 0 Å². The molecule has 2 heterocycles. The van der Waals surface area contributed by atoms with E-state index in [4.69, 9.17) is 0 Å². The lowest BCUT2D eigenvalue weighted by Gasteiger charge is -1.96. The molecule has 0 aromatic carbocycles. The summed E-state index contributed by atoms with van der Waals surface area (Å²) in [6.45, 7) is 3.06. The SMILES string of the molecule is CCn1ccc2cncnc21. The molecule has 11 heavy (non-hydrogen) atoms. The second kappa shape index (κ2) is 2.34. The third-order valence-electron chi connectivity index (χ3n) is 1.77. The number of rotatable bonds is 1. The Balaban J connectivity index is 2.76. The summed E-state index contributed by atoms with van der Waals surface area (Å²) in [6.07, 6.45) is 5.43. The molecule has 2 aromatic rings. The van der Waals surface area contributed by atoms with Gasteiger partial charge in [-0.2, -0.15) is 0 Å². The highest BCUT2D eigenvalue weighted by Crippen LogP contribution is 2.09. The zero-order valence-electron chi connectivity index (χ0n) is 6.36. The quantitative estimate of drug-likeness (QED) is 0.611. The lowest BCUT2D eigenvalue weighted by Crippen LogP contribution is -1.92. The second-order valence-electron chi connectivity index (χ2n) is 2.40. The second-order valence-corrected chi connectivity index (χ2v) is 2.40. The van der Waals surface area contributed by atoms with Gasteiger partial charge in [0.2, 0.25) is 0 Å². The fourth-order valence-electron chi connectivity index (χ4n) is 1.19. The lowest BCUT2D eigenvalue weighted by atomic mass is 10.4. The van der Waals surface area contributed by atoms with Crippen LogP contribution in [0.25, 0.3) is 11.0 Å². The van der Waals surface area contributed by atoms with Crippen LogP contribution < -0.4 is 0 Å². The Morgan fingerprint density at radius 1 is 1.55 bits per heavy atom. The van der Waals surface area contributed by atoms with Crippen LogP contribution in [0.15, 0.2) is 24.8 Å². The average Bonchev–Trinajstić information content (AvgIpc) is 2.47. The maximum absolute atomic E-state index is 4.16. The molecule has 2 rings (SSSR count). The van der Waals surface area contributed by atoms with Crippen molar-refractivity contribution < 1.29 is 0 Å². The number of hydrogen-bond donors (Lipinski definition) is 0. The van der Waals surface area contributed by atoms with E-state index in [1.165, 1.54) is 0 Å². The molecule has 0 bridgehead atoms. The van der Waals surface area contributed by atoms with E-state index in [0.717, 1.165) is 17.6 Å². The molecule has 0 saturated carbocycles. The smallest absolute Gasteiger partial charge is 0.143 e. The summed E-state index contributed by atoms with van der Waals surface area (Å²) in [5.41, 5.74) is 1.02. The molecule has 0 aliphatic rings. The first-order valence-electron chi connectivity index (χ1n) is 3.66. The first-order valence-corrected chi connectivity index (χ1v) is 3.66. The largest absolute Gasteiger partial charge is 0.333 e. The van der Waals surface area contributed by atoms with Crippen LogP contribution in [-0.2, 0) is 6.54 Å². The third-order valence-corrected chi connectivity index (χ3v) is 1.77. The Morgan fingerprint density at radius 2 is 2.45 bits per heavy atom. The molecule has 0 unspecified atom stereocenters. The Morgan fingerprint density at radius 3 is 3.27 bits per heavy atom. The molecule has 0 saturated heterocycles. The van der Waals surface area contributed by atoms with Gasteiger partial charge in [0, 0.05) is 24.3 Å². The first kappa shape index (κ1) is 6.34. The van der Waals surface area contributed by atoms with E-state index in [-0.39, 0.29) is 0 Å². The Hall–Kier alpha value is -1.38. The number of hydrogen-bond acceptors (Lipinski definition) is 2. The molecule has 0 aliphatic heterocycles. The zero-order valence-corrected chi connectivity index (χ0v) is 6.36. The molecule has 0 atom stereocenters. The molecule has 3 heteroatoms. The number of aromatic nitrogens is 3. The van der Waals surface area contributed by atoms with Crippen LogP contribution in [-0.4, -0.2) is 14.5 Å². The van der Waals surface area contributed by atoms with Gasteiger partial charge in [-0.1, -0.05) is 0 Å². The fraction of sp³-hybridized carbons (Fsp3) is 0.250. The van der Waals surface area contributed by atoms with Gasteiger partial charge in [0.15, 0.2) is 0 Å². The summed E-state index contributed by atoms with van der Waals surface area (Å²) in [5, 5.41) is 1.11. The third kappa shape index (κ3) is 0.888. The van der Waals surface area contributed by atoms with Gasteiger partial charge in [-0.05, 0) is 13.0 Å². The van der Waals surface area contributed by atoms with Crippen LogP contribution in [0, 0.1) is 0 Å². The van der Waals surface area contributed by atoms with Crippen LogP contribution in [0.1, 0.15) is 6.92 Å². The highest BCUT2D eigenvalue weighted by atomic mass is 15.0. The van der Waals surface area contributed by atoms with E-state index >= 15 is 0 Å². The van der Waals surface area contributed by atoms with Crippen molar-refractivity contribution >= 4 is 11.0 Å². The maximum Gasteiger partial charge on any atom is 0.143 e. The predicted molar refractivity (Wildman–Crippen MR) is 43.2 cm³/mol. The van der Waals surface area contributed by atoms with Crippen molar-refractivity contribution in [2.24, 2.45) is 0 Å². The van der Waals surface area contributed by atoms with E-state index in [1.54, 1.807) is 6.33 Å². The van der Waals surface area contributed by atoms with Crippen molar-refractivity contribution in [1.29, 1.82) is 0 Å². The van der Waals surface area contributed by atoms with E-state index in [1.807, 2.05) is 18.5 Å². The van der Waals surface area contributed by atoms with Crippen LogP contribution in [0.5, 0.6) is 0 Å². The normalized spacial score (nSPS) is 10.6. The van der Waals surface area contributed by atoms with Crippen molar-refractivity contribution in [3.8, 4) is 0 Å². The molecular weight excluding hydrogens is 138 g/mol. The minimum absolute atomic E-state index is 0.959. The summed E-state index contributed by atoms with van der Waals surface area (Å²) in [5.74, 6) is 0. The van der Waals surface area contributed by atoms with Crippen molar-refractivity contribution in [1.82, 2.24) is 14.5 Å². The van der Waals surface area contributed by atoms with Crippen molar-refractivity contribution in [2.45, 2.75) is 13.5 Å². The summed E-state index contributed by atoms with van der Waals surface area (Å²) >= 11 is 0. The van der Waals surface area contributed by atoms with Crippen LogP contribution in [0.2, 0.25) is 0 Å². The lowest BCUT2D eigenvalue weighted by molar-refractivity contribution is 0.786. The number of aryl methyl sites for hydroxylation is 1. The molecule has 0 radical (unpaired) electrons. The first-order chi connectivity index (χ1) is 5.42. The predicted octanol–water partition coefficient (Wildman–Crippen LogP) is 1.45. The fourth-order valence-corrected chi connectivity index (χ4v) is 1.19. The molecule has 0 aliphatic carbocycles. The number of fused-ring (bicyclic) bond motifs is 1. The maximum atomic E-state index is 4.16. The Bertz CT molecular complexity index is 364. The van der Waals surface area contributed by atoms with Crippen LogP contribution in [0.3, 0.4) is 0 Å². The van der Waals surface area contributed by atoms with Gasteiger partial charge in [0.25, 0.3) is 0 Å². The van der Waals surface area contributed by atoms with Crippen molar-refractivity contribution in [3.05, 3.63) is 24.8 Å². The van der Waals surface area contributed by atoms with Gasteiger partial charge in [0.1, 0.15) is 12.0 Å².